The molecular formula is C14H14O2. The van der Waals surface area contributed by atoms with Crippen molar-refractivity contribution < 1.29 is 9.53 Å². The standard InChI is InChI=1S/C14H14O2/c1-3-16-14(15)12(2)8-7-11-13-9-5-4-6-10-13/h3-11H,1H2,2H3. The number of hydrogen-bond donors (Lipinski definition) is 0. The summed E-state index contributed by atoms with van der Waals surface area (Å²) in [4.78, 5) is 11.2. The van der Waals surface area contributed by atoms with Crippen LogP contribution < -0.4 is 0 Å². The lowest BCUT2D eigenvalue weighted by atomic mass is 10.2. The van der Waals surface area contributed by atoms with Gasteiger partial charge in [0.15, 0.2) is 0 Å². The topological polar surface area (TPSA) is 26.3 Å². The van der Waals surface area contributed by atoms with Gasteiger partial charge in [-0.25, -0.2) is 4.79 Å². The molecule has 0 aliphatic carbocycles. The van der Waals surface area contributed by atoms with E-state index in [1.165, 1.54) is 0 Å². The van der Waals surface area contributed by atoms with Gasteiger partial charge in [-0.3, -0.25) is 0 Å². The van der Waals surface area contributed by atoms with Crippen LogP contribution in [0.25, 0.3) is 6.08 Å². The molecule has 0 aliphatic rings. The molecule has 0 fully saturated rings. The monoisotopic (exact) mass is 214 g/mol. The van der Waals surface area contributed by atoms with Crippen LogP contribution in [-0.4, -0.2) is 5.97 Å². The number of benzene rings is 1. The summed E-state index contributed by atoms with van der Waals surface area (Å²) in [5, 5.41) is 0. The molecule has 82 valence electrons. The molecule has 0 aromatic heterocycles. The van der Waals surface area contributed by atoms with E-state index in [0.717, 1.165) is 11.8 Å². The van der Waals surface area contributed by atoms with Crippen LogP contribution >= 0.6 is 0 Å². The predicted octanol–water partition coefficient (Wildman–Crippen LogP) is 3.33. The first-order valence-corrected chi connectivity index (χ1v) is 4.96. The van der Waals surface area contributed by atoms with Gasteiger partial charge in [-0.1, -0.05) is 55.1 Å². The van der Waals surface area contributed by atoms with Crippen molar-refractivity contribution in [3.63, 3.8) is 0 Å². The predicted molar refractivity (Wildman–Crippen MR) is 65.5 cm³/mol. The van der Waals surface area contributed by atoms with Crippen LogP contribution in [0.5, 0.6) is 0 Å². The Morgan fingerprint density at radius 3 is 2.62 bits per heavy atom. The third kappa shape index (κ3) is 3.96. The summed E-state index contributed by atoms with van der Waals surface area (Å²) >= 11 is 0. The molecule has 1 aromatic carbocycles. The summed E-state index contributed by atoms with van der Waals surface area (Å²) in [5.41, 5.74) is 1.62. The molecule has 0 N–H and O–H groups in total. The van der Waals surface area contributed by atoms with Crippen molar-refractivity contribution in [1.82, 2.24) is 0 Å². The van der Waals surface area contributed by atoms with Crippen molar-refractivity contribution >= 4 is 12.0 Å². The summed E-state index contributed by atoms with van der Waals surface area (Å²) in [7, 11) is 0. The number of carbonyl (C=O) groups is 1. The maximum Gasteiger partial charge on any atom is 0.338 e. The molecule has 2 nitrogen and oxygen atoms in total. The zero-order chi connectivity index (χ0) is 11.8. The van der Waals surface area contributed by atoms with Crippen LogP contribution in [0.1, 0.15) is 12.5 Å². The fourth-order valence-corrected chi connectivity index (χ4v) is 1.10. The molecule has 0 spiro atoms. The van der Waals surface area contributed by atoms with Crippen molar-refractivity contribution in [3.05, 3.63) is 66.5 Å². The maximum absolute atomic E-state index is 11.2. The Morgan fingerprint density at radius 2 is 2.00 bits per heavy atom. The Bertz CT molecular complexity index is 414. The van der Waals surface area contributed by atoms with E-state index >= 15 is 0 Å². The van der Waals surface area contributed by atoms with Crippen LogP contribution in [0.3, 0.4) is 0 Å². The number of hydrogen-bond acceptors (Lipinski definition) is 2. The molecule has 1 rings (SSSR count). The molecule has 0 heterocycles. The third-order valence-corrected chi connectivity index (χ3v) is 1.95. The molecule has 0 saturated carbocycles. The van der Waals surface area contributed by atoms with Crippen molar-refractivity contribution in [2.24, 2.45) is 0 Å². The SMILES string of the molecule is C=COC(=O)C(C)=CC=Cc1ccccc1. The number of ether oxygens (including phenoxy) is 1. The Balaban J connectivity index is 2.62. The zero-order valence-electron chi connectivity index (χ0n) is 9.22. The van der Waals surface area contributed by atoms with Crippen LogP contribution in [0, 0.1) is 0 Å². The molecule has 0 saturated heterocycles. The van der Waals surface area contributed by atoms with Crippen LogP contribution in [-0.2, 0) is 9.53 Å². The Labute approximate surface area is 95.6 Å². The minimum Gasteiger partial charge on any atom is -0.432 e. The third-order valence-electron chi connectivity index (χ3n) is 1.95. The van der Waals surface area contributed by atoms with Gasteiger partial charge in [-0.2, -0.15) is 0 Å². The lowest BCUT2D eigenvalue weighted by molar-refractivity contribution is -0.133. The highest BCUT2D eigenvalue weighted by Crippen LogP contribution is 2.03. The summed E-state index contributed by atoms with van der Waals surface area (Å²) in [6.07, 6.45) is 6.57. The fourth-order valence-electron chi connectivity index (χ4n) is 1.10. The highest BCUT2D eigenvalue weighted by atomic mass is 16.5. The average molecular weight is 214 g/mol. The summed E-state index contributed by atoms with van der Waals surface area (Å²) in [5.74, 6) is -0.382. The highest BCUT2D eigenvalue weighted by molar-refractivity contribution is 5.88. The Kier molecular flexibility index (Phi) is 4.80. The second-order valence-corrected chi connectivity index (χ2v) is 3.19. The van der Waals surface area contributed by atoms with Crippen molar-refractivity contribution in [1.29, 1.82) is 0 Å². The second kappa shape index (κ2) is 6.40. The first-order valence-electron chi connectivity index (χ1n) is 4.96. The van der Waals surface area contributed by atoms with Gasteiger partial charge in [0.05, 0.1) is 6.26 Å². The lowest BCUT2D eigenvalue weighted by Gasteiger charge is -1.96. The van der Waals surface area contributed by atoms with E-state index < -0.39 is 0 Å². The van der Waals surface area contributed by atoms with Gasteiger partial charge in [0.25, 0.3) is 0 Å². The molecule has 0 bridgehead atoms. The van der Waals surface area contributed by atoms with E-state index in [1.54, 1.807) is 13.0 Å². The molecule has 16 heavy (non-hydrogen) atoms. The molecular weight excluding hydrogens is 200 g/mol. The minimum atomic E-state index is -0.382. The van der Waals surface area contributed by atoms with Gasteiger partial charge >= 0.3 is 5.97 Å². The van der Waals surface area contributed by atoms with Crippen LogP contribution in [0.15, 0.2) is 60.9 Å². The van der Waals surface area contributed by atoms with E-state index in [1.807, 2.05) is 42.5 Å². The molecule has 0 radical (unpaired) electrons. The largest absolute Gasteiger partial charge is 0.432 e. The van der Waals surface area contributed by atoms with Gasteiger partial charge in [-0.15, -0.1) is 0 Å². The number of allylic oxidation sites excluding steroid dienone is 2. The minimum absolute atomic E-state index is 0.382. The van der Waals surface area contributed by atoms with Gasteiger partial charge in [0.2, 0.25) is 0 Å². The normalized spacial score (nSPS) is 11.4. The number of esters is 1. The summed E-state index contributed by atoms with van der Waals surface area (Å²) < 4.78 is 4.63. The number of rotatable bonds is 4. The Hall–Kier alpha value is -2.09. The van der Waals surface area contributed by atoms with Gasteiger partial charge in [-0.05, 0) is 12.5 Å². The van der Waals surface area contributed by atoms with Crippen molar-refractivity contribution in [2.45, 2.75) is 6.92 Å². The molecule has 0 aliphatic heterocycles. The van der Waals surface area contributed by atoms with Crippen LogP contribution in [0.2, 0.25) is 0 Å². The lowest BCUT2D eigenvalue weighted by Crippen LogP contribution is -1.99. The number of carbonyl (C=O) groups excluding carboxylic acids is 1. The van der Waals surface area contributed by atoms with E-state index in [2.05, 4.69) is 11.3 Å². The van der Waals surface area contributed by atoms with E-state index in [0.29, 0.717) is 5.57 Å². The first-order chi connectivity index (χ1) is 7.74. The first kappa shape index (κ1) is 12.0. The molecule has 1 aromatic rings. The zero-order valence-corrected chi connectivity index (χ0v) is 9.22. The molecule has 0 atom stereocenters. The maximum atomic E-state index is 11.2. The Morgan fingerprint density at radius 1 is 1.31 bits per heavy atom. The average Bonchev–Trinajstić information content (AvgIpc) is 2.30. The quantitative estimate of drug-likeness (QED) is 0.332. The summed E-state index contributed by atoms with van der Waals surface area (Å²) in [6.45, 7) is 5.02. The van der Waals surface area contributed by atoms with E-state index in [4.69, 9.17) is 0 Å². The molecule has 2 heteroatoms. The fraction of sp³-hybridized carbons (Fsp3) is 0.0714. The highest BCUT2D eigenvalue weighted by Gasteiger charge is 2.00. The van der Waals surface area contributed by atoms with E-state index in [-0.39, 0.29) is 5.97 Å². The van der Waals surface area contributed by atoms with Crippen molar-refractivity contribution in [2.75, 3.05) is 0 Å². The van der Waals surface area contributed by atoms with Gasteiger partial charge in [0.1, 0.15) is 0 Å². The second-order valence-electron chi connectivity index (χ2n) is 3.19. The smallest absolute Gasteiger partial charge is 0.338 e. The van der Waals surface area contributed by atoms with E-state index in [9.17, 15) is 4.79 Å². The van der Waals surface area contributed by atoms with Crippen molar-refractivity contribution in [3.8, 4) is 0 Å². The summed E-state index contributed by atoms with van der Waals surface area (Å²) in [6, 6.07) is 9.85. The molecule has 0 amide bonds. The van der Waals surface area contributed by atoms with Gasteiger partial charge in [0, 0.05) is 5.57 Å². The van der Waals surface area contributed by atoms with Gasteiger partial charge < -0.3 is 4.74 Å². The molecule has 0 unspecified atom stereocenters. The van der Waals surface area contributed by atoms with Crippen LogP contribution in [0.4, 0.5) is 0 Å².